The third kappa shape index (κ3) is 4.61. The maximum Gasteiger partial charge on any atom is 0.0780 e. The first kappa shape index (κ1) is 16.6. The third-order valence-electron chi connectivity index (χ3n) is 3.70. The van der Waals surface area contributed by atoms with E-state index in [4.69, 9.17) is 5.84 Å². The average molecular weight is 335 g/mol. The van der Waals surface area contributed by atoms with Crippen molar-refractivity contribution in [1.82, 2.24) is 5.43 Å². The van der Waals surface area contributed by atoms with Crippen LogP contribution in [0.1, 0.15) is 5.56 Å². The molecule has 24 heavy (non-hydrogen) atoms. The van der Waals surface area contributed by atoms with Crippen LogP contribution in [0.2, 0.25) is 0 Å². The van der Waals surface area contributed by atoms with Gasteiger partial charge in [0.15, 0.2) is 0 Å². The summed E-state index contributed by atoms with van der Waals surface area (Å²) in [6.07, 6.45) is 0. The van der Waals surface area contributed by atoms with Crippen LogP contribution >= 0.6 is 11.8 Å². The van der Waals surface area contributed by atoms with Crippen molar-refractivity contribution in [3.05, 3.63) is 84.4 Å². The Kier molecular flexibility index (Phi) is 5.90. The molecule has 0 aliphatic heterocycles. The van der Waals surface area contributed by atoms with Gasteiger partial charge in [0.05, 0.1) is 6.67 Å². The van der Waals surface area contributed by atoms with Crippen molar-refractivity contribution in [2.45, 2.75) is 10.6 Å². The van der Waals surface area contributed by atoms with E-state index in [9.17, 15) is 0 Å². The quantitative estimate of drug-likeness (QED) is 0.258. The molecule has 0 aliphatic rings. The van der Waals surface area contributed by atoms with Gasteiger partial charge in [-0.1, -0.05) is 60.7 Å². The molecule has 3 rings (SSSR count). The summed E-state index contributed by atoms with van der Waals surface area (Å²) in [6.45, 7) is 0.551. The first-order valence-corrected chi connectivity index (χ1v) is 8.88. The Morgan fingerprint density at radius 3 is 2.29 bits per heavy atom. The van der Waals surface area contributed by atoms with E-state index in [-0.39, 0.29) is 0 Å². The fourth-order valence-corrected chi connectivity index (χ4v) is 3.35. The first-order valence-electron chi connectivity index (χ1n) is 7.90. The molecule has 0 spiro atoms. The minimum absolute atomic E-state index is 0.551. The van der Waals surface area contributed by atoms with Crippen molar-refractivity contribution >= 4 is 17.4 Å². The summed E-state index contributed by atoms with van der Waals surface area (Å²) >= 11 is 1.83. The third-order valence-corrected chi connectivity index (χ3v) is 4.76. The zero-order valence-corrected chi connectivity index (χ0v) is 14.2. The summed E-state index contributed by atoms with van der Waals surface area (Å²) in [7, 11) is 0. The number of hydrogen-bond donors (Lipinski definition) is 3. The van der Waals surface area contributed by atoms with Crippen LogP contribution in [0.4, 0.5) is 5.69 Å². The maximum atomic E-state index is 5.29. The van der Waals surface area contributed by atoms with Gasteiger partial charge in [0.25, 0.3) is 0 Å². The lowest BCUT2D eigenvalue weighted by atomic mass is 10.0. The van der Waals surface area contributed by atoms with Crippen LogP contribution in [-0.4, -0.2) is 6.67 Å². The summed E-state index contributed by atoms with van der Waals surface area (Å²) in [5, 5.41) is 3.21. The van der Waals surface area contributed by atoms with Crippen LogP contribution in [0.25, 0.3) is 11.1 Å². The fourth-order valence-electron chi connectivity index (χ4n) is 2.44. The Morgan fingerprint density at radius 2 is 1.54 bits per heavy atom. The number of hydrazine groups is 1. The topological polar surface area (TPSA) is 50.1 Å². The maximum absolute atomic E-state index is 5.29. The average Bonchev–Trinajstić information content (AvgIpc) is 2.66. The van der Waals surface area contributed by atoms with Gasteiger partial charge >= 0.3 is 0 Å². The normalized spacial score (nSPS) is 10.5. The summed E-state index contributed by atoms with van der Waals surface area (Å²) in [5.41, 5.74) is 7.49. The first-order chi connectivity index (χ1) is 11.8. The molecule has 4 heteroatoms. The molecule has 3 nitrogen and oxygen atoms in total. The Morgan fingerprint density at radius 1 is 0.792 bits per heavy atom. The van der Waals surface area contributed by atoms with Crippen molar-refractivity contribution < 1.29 is 0 Å². The molecule has 4 N–H and O–H groups in total. The second-order valence-electron chi connectivity index (χ2n) is 5.44. The molecule has 0 saturated heterocycles. The Balaban J connectivity index is 1.61. The molecule has 0 aliphatic carbocycles. The van der Waals surface area contributed by atoms with Gasteiger partial charge in [0, 0.05) is 16.3 Å². The molecule has 0 amide bonds. The molecule has 0 bridgehead atoms. The van der Waals surface area contributed by atoms with Crippen molar-refractivity contribution in [2.24, 2.45) is 5.84 Å². The number of nitrogens with two attached hydrogens (primary N) is 1. The highest BCUT2D eigenvalue weighted by Gasteiger charge is 2.00. The minimum Gasteiger partial charge on any atom is -0.371 e. The van der Waals surface area contributed by atoms with Gasteiger partial charge in [-0.25, -0.2) is 5.43 Å². The van der Waals surface area contributed by atoms with Gasteiger partial charge in [-0.05, 0) is 34.9 Å². The highest BCUT2D eigenvalue weighted by molar-refractivity contribution is 7.98. The van der Waals surface area contributed by atoms with Crippen LogP contribution in [0.15, 0.2) is 83.8 Å². The monoisotopic (exact) mass is 335 g/mol. The van der Waals surface area contributed by atoms with Gasteiger partial charge in [0.2, 0.25) is 0 Å². The van der Waals surface area contributed by atoms with Gasteiger partial charge in [0.1, 0.15) is 0 Å². The lowest BCUT2D eigenvalue weighted by Gasteiger charge is -2.08. The van der Waals surface area contributed by atoms with Crippen molar-refractivity contribution in [2.75, 3.05) is 12.0 Å². The molecule has 0 fully saturated rings. The van der Waals surface area contributed by atoms with Crippen molar-refractivity contribution in [1.29, 1.82) is 0 Å². The number of benzene rings is 3. The van der Waals surface area contributed by atoms with Gasteiger partial charge in [-0.15, -0.1) is 11.8 Å². The van der Waals surface area contributed by atoms with Crippen LogP contribution in [-0.2, 0) is 5.75 Å². The second kappa shape index (κ2) is 8.55. The lowest BCUT2D eigenvalue weighted by Crippen LogP contribution is -2.28. The van der Waals surface area contributed by atoms with E-state index in [1.807, 2.05) is 23.9 Å². The number of hydrogen-bond acceptors (Lipinski definition) is 4. The molecule has 0 saturated carbocycles. The molecule has 0 atom stereocenters. The fraction of sp³-hybridized carbons (Fsp3) is 0.100. The highest BCUT2D eigenvalue weighted by Crippen LogP contribution is 2.26. The van der Waals surface area contributed by atoms with Crippen LogP contribution in [0.3, 0.4) is 0 Å². The van der Waals surface area contributed by atoms with E-state index < -0.39 is 0 Å². The van der Waals surface area contributed by atoms with Crippen LogP contribution in [0.5, 0.6) is 0 Å². The molecular weight excluding hydrogens is 314 g/mol. The lowest BCUT2D eigenvalue weighted by molar-refractivity contribution is 0.790. The standard InChI is InChI=1S/C20H21N3S/c21-23-15-22-19-7-4-8-20(13-19)24-14-16-9-11-18(12-10-16)17-5-2-1-3-6-17/h1-13,22-23H,14-15,21H2. The van der Waals surface area contributed by atoms with Crippen LogP contribution < -0.4 is 16.6 Å². The van der Waals surface area contributed by atoms with Crippen molar-refractivity contribution in [3.63, 3.8) is 0 Å². The largest absolute Gasteiger partial charge is 0.371 e. The summed E-state index contributed by atoms with van der Waals surface area (Å²) in [5.74, 6) is 6.24. The molecule has 0 aromatic heterocycles. The van der Waals surface area contributed by atoms with E-state index in [2.05, 4.69) is 77.5 Å². The molecule has 122 valence electrons. The van der Waals surface area contributed by atoms with Gasteiger partial charge < -0.3 is 5.32 Å². The number of anilines is 1. The zero-order chi connectivity index (χ0) is 16.6. The molecule has 0 unspecified atom stereocenters. The summed E-state index contributed by atoms with van der Waals surface area (Å²) < 4.78 is 0. The molecular formula is C20H21N3S. The van der Waals surface area contributed by atoms with Crippen LogP contribution in [0, 0.1) is 0 Å². The summed E-state index contributed by atoms with van der Waals surface area (Å²) in [4.78, 5) is 1.24. The Hall–Kier alpha value is -2.27. The molecule has 0 radical (unpaired) electrons. The minimum atomic E-state index is 0.551. The molecule has 0 heterocycles. The van der Waals surface area contributed by atoms with E-state index in [1.54, 1.807) is 0 Å². The van der Waals surface area contributed by atoms with Crippen molar-refractivity contribution in [3.8, 4) is 11.1 Å². The Labute approximate surface area is 147 Å². The SMILES string of the molecule is NNCNc1cccc(SCc2ccc(-c3ccccc3)cc2)c1. The smallest absolute Gasteiger partial charge is 0.0780 e. The second-order valence-corrected chi connectivity index (χ2v) is 6.49. The predicted octanol–water partition coefficient (Wildman–Crippen LogP) is 4.48. The number of thioether (sulfide) groups is 1. The van der Waals surface area contributed by atoms with E-state index in [0.717, 1.165) is 11.4 Å². The molecule has 3 aromatic carbocycles. The predicted molar refractivity (Wildman–Crippen MR) is 104 cm³/mol. The molecule has 3 aromatic rings. The number of rotatable bonds is 7. The zero-order valence-electron chi connectivity index (χ0n) is 13.4. The van der Waals surface area contributed by atoms with Gasteiger partial charge in [-0.3, -0.25) is 5.84 Å². The van der Waals surface area contributed by atoms with E-state index in [0.29, 0.717) is 6.67 Å². The highest BCUT2D eigenvalue weighted by atomic mass is 32.2. The van der Waals surface area contributed by atoms with E-state index >= 15 is 0 Å². The number of nitrogens with one attached hydrogen (secondary N) is 2. The van der Waals surface area contributed by atoms with Gasteiger partial charge in [-0.2, -0.15) is 0 Å². The van der Waals surface area contributed by atoms with E-state index in [1.165, 1.54) is 21.6 Å². The Bertz CT molecular complexity index is 757. The summed E-state index contributed by atoms with van der Waals surface area (Å²) in [6, 6.07) is 27.6.